The van der Waals surface area contributed by atoms with Crippen molar-refractivity contribution >= 4 is 17.9 Å². The fraction of sp³-hybridized carbons (Fsp3) is 0.640. The Morgan fingerprint density at radius 1 is 1.12 bits per heavy atom. The van der Waals surface area contributed by atoms with Crippen molar-refractivity contribution in [3.63, 3.8) is 0 Å². The Labute approximate surface area is 195 Å². The Bertz CT molecular complexity index is 790. The first-order valence-electron chi connectivity index (χ1n) is 12.1. The molecule has 0 aromatic heterocycles. The van der Waals surface area contributed by atoms with Crippen molar-refractivity contribution in [2.75, 3.05) is 6.61 Å². The number of rotatable bonds is 12. The van der Waals surface area contributed by atoms with Crippen molar-refractivity contribution in [2.45, 2.75) is 88.3 Å². The monoisotopic (exact) mass is 459 g/mol. The van der Waals surface area contributed by atoms with Gasteiger partial charge in [0.25, 0.3) is 5.91 Å². The van der Waals surface area contributed by atoms with E-state index in [0.717, 1.165) is 44.9 Å². The summed E-state index contributed by atoms with van der Waals surface area (Å²) in [5.41, 5.74) is 6.18. The number of nitrogens with one attached hydrogen (secondary N) is 2. The molecule has 182 valence electrons. The molecule has 0 aliphatic heterocycles. The second-order valence-electron chi connectivity index (χ2n) is 9.58. The number of primary amides is 1. The molecule has 2 aliphatic rings. The summed E-state index contributed by atoms with van der Waals surface area (Å²) in [7, 11) is 0. The van der Waals surface area contributed by atoms with E-state index in [0.29, 0.717) is 18.8 Å². The van der Waals surface area contributed by atoms with Gasteiger partial charge >= 0.3 is 6.09 Å². The van der Waals surface area contributed by atoms with Gasteiger partial charge in [0, 0.05) is 12.0 Å². The predicted octanol–water partition coefficient (Wildman–Crippen LogP) is 2.57. The lowest BCUT2D eigenvalue weighted by Gasteiger charge is -2.27. The zero-order valence-electron chi connectivity index (χ0n) is 19.3. The van der Waals surface area contributed by atoms with E-state index >= 15 is 0 Å². The van der Waals surface area contributed by atoms with Gasteiger partial charge in [0.2, 0.25) is 5.91 Å². The van der Waals surface area contributed by atoms with E-state index in [2.05, 4.69) is 22.8 Å². The highest BCUT2D eigenvalue weighted by Gasteiger charge is 2.43. The van der Waals surface area contributed by atoms with Crippen LogP contribution in [0.3, 0.4) is 0 Å². The maximum absolute atomic E-state index is 12.8. The summed E-state index contributed by atoms with van der Waals surface area (Å²) in [6, 6.07) is 9.47. The van der Waals surface area contributed by atoms with Gasteiger partial charge in [0.05, 0.1) is 12.6 Å². The molecule has 0 bridgehead atoms. The number of aliphatic hydroxyl groups excluding tert-OH is 1. The minimum absolute atomic E-state index is 0.0942. The van der Waals surface area contributed by atoms with Crippen molar-refractivity contribution < 1.29 is 24.2 Å². The van der Waals surface area contributed by atoms with Gasteiger partial charge in [0.1, 0.15) is 0 Å². The number of benzene rings is 1. The third-order valence-corrected chi connectivity index (χ3v) is 6.75. The van der Waals surface area contributed by atoms with Gasteiger partial charge in [-0.1, -0.05) is 62.4 Å². The topological polar surface area (TPSA) is 131 Å². The second-order valence-corrected chi connectivity index (χ2v) is 9.58. The number of aliphatic hydroxyl groups is 1. The van der Waals surface area contributed by atoms with Crippen LogP contribution in [-0.4, -0.2) is 47.3 Å². The zero-order valence-corrected chi connectivity index (χ0v) is 19.3. The highest BCUT2D eigenvalue weighted by Crippen LogP contribution is 2.38. The standard InChI is InChI=1S/C25H37N3O5/c26-24(32)33-21(15-18-7-3-1-4-8-18)23(31)27-20(17-29)11-12-22(30)28-25(13-14-25)16-19-9-5-2-6-10-19/h2,5-6,9-10,18,20-21,29H,1,3-4,7-8,11-17H2,(H2,26,32)(H,27,31)(H,28,30). The SMILES string of the molecule is NC(=O)OC(CC1CCCCC1)C(=O)NC(CO)CCC(=O)NC1(Cc2ccccc2)CC1. The van der Waals surface area contributed by atoms with E-state index in [1.54, 1.807) is 0 Å². The minimum Gasteiger partial charge on any atom is -0.436 e. The molecule has 0 radical (unpaired) electrons. The molecular weight excluding hydrogens is 422 g/mol. The van der Waals surface area contributed by atoms with E-state index < -0.39 is 24.1 Å². The number of amides is 3. The molecule has 1 aromatic rings. The third kappa shape index (κ3) is 8.35. The fourth-order valence-electron chi connectivity index (χ4n) is 4.72. The number of nitrogens with two attached hydrogens (primary N) is 1. The molecule has 5 N–H and O–H groups in total. The molecule has 1 aromatic carbocycles. The van der Waals surface area contributed by atoms with Crippen LogP contribution in [0.5, 0.6) is 0 Å². The lowest BCUT2D eigenvalue weighted by molar-refractivity contribution is -0.132. The van der Waals surface area contributed by atoms with Crippen molar-refractivity contribution in [1.29, 1.82) is 0 Å². The van der Waals surface area contributed by atoms with Gasteiger partial charge in [-0.2, -0.15) is 0 Å². The average molecular weight is 460 g/mol. The van der Waals surface area contributed by atoms with Crippen LogP contribution in [0.15, 0.2) is 30.3 Å². The van der Waals surface area contributed by atoms with E-state index in [1.165, 1.54) is 12.0 Å². The second kappa shape index (κ2) is 12.0. The van der Waals surface area contributed by atoms with Gasteiger partial charge in [-0.05, 0) is 43.6 Å². The zero-order chi connectivity index (χ0) is 23.7. The van der Waals surface area contributed by atoms with Gasteiger partial charge < -0.3 is 26.2 Å². The maximum Gasteiger partial charge on any atom is 0.405 e. The first kappa shape index (κ1) is 25.0. The van der Waals surface area contributed by atoms with Crippen LogP contribution in [0.2, 0.25) is 0 Å². The van der Waals surface area contributed by atoms with Crippen LogP contribution < -0.4 is 16.4 Å². The first-order valence-corrected chi connectivity index (χ1v) is 12.1. The van der Waals surface area contributed by atoms with Gasteiger partial charge in [-0.3, -0.25) is 9.59 Å². The number of ether oxygens (including phenoxy) is 1. The summed E-state index contributed by atoms with van der Waals surface area (Å²) >= 11 is 0. The fourth-order valence-corrected chi connectivity index (χ4v) is 4.72. The van der Waals surface area contributed by atoms with Gasteiger partial charge in [-0.25, -0.2) is 4.79 Å². The van der Waals surface area contributed by atoms with E-state index in [9.17, 15) is 19.5 Å². The van der Waals surface area contributed by atoms with Crippen molar-refractivity contribution in [3.05, 3.63) is 35.9 Å². The molecule has 0 spiro atoms. The van der Waals surface area contributed by atoms with Crippen molar-refractivity contribution in [3.8, 4) is 0 Å². The normalized spacial score (nSPS) is 19.2. The lowest BCUT2D eigenvalue weighted by Crippen LogP contribution is -2.46. The molecule has 8 heteroatoms. The van der Waals surface area contributed by atoms with E-state index in [-0.39, 0.29) is 24.5 Å². The molecule has 2 unspecified atom stereocenters. The minimum atomic E-state index is -0.987. The summed E-state index contributed by atoms with van der Waals surface area (Å²) in [4.78, 5) is 36.6. The van der Waals surface area contributed by atoms with Crippen molar-refractivity contribution in [2.24, 2.45) is 11.7 Å². The molecular formula is C25H37N3O5. The van der Waals surface area contributed by atoms with Crippen LogP contribution in [0.1, 0.15) is 69.8 Å². The molecule has 2 saturated carbocycles. The molecule has 33 heavy (non-hydrogen) atoms. The Morgan fingerprint density at radius 2 is 1.82 bits per heavy atom. The largest absolute Gasteiger partial charge is 0.436 e. The van der Waals surface area contributed by atoms with Crippen molar-refractivity contribution in [1.82, 2.24) is 10.6 Å². The smallest absolute Gasteiger partial charge is 0.405 e. The van der Waals surface area contributed by atoms with Gasteiger partial charge in [0.15, 0.2) is 6.10 Å². The van der Waals surface area contributed by atoms with Crippen LogP contribution in [-0.2, 0) is 20.7 Å². The molecule has 2 atom stereocenters. The van der Waals surface area contributed by atoms with Crippen LogP contribution >= 0.6 is 0 Å². The summed E-state index contributed by atoms with van der Waals surface area (Å²) in [6.45, 7) is -0.305. The predicted molar refractivity (Wildman–Crippen MR) is 124 cm³/mol. The lowest BCUT2D eigenvalue weighted by atomic mass is 9.85. The number of hydrogen-bond donors (Lipinski definition) is 4. The third-order valence-electron chi connectivity index (χ3n) is 6.75. The van der Waals surface area contributed by atoms with Gasteiger partial charge in [-0.15, -0.1) is 0 Å². The molecule has 8 nitrogen and oxygen atoms in total. The Hall–Kier alpha value is -2.61. The molecule has 2 fully saturated rings. The van der Waals surface area contributed by atoms with Crippen LogP contribution in [0, 0.1) is 5.92 Å². The van der Waals surface area contributed by atoms with E-state index in [4.69, 9.17) is 10.5 Å². The van der Waals surface area contributed by atoms with Crippen LogP contribution in [0.4, 0.5) is 4.79 Å². The Morgan fingerprint density at radius 3 is 2.42 bits per heavy atom. The molecule has 3 amide bonds. The summed E-state index contributed by atoms with van der Waals surface area (Å²) in [5.74, 6) is -0.253. The number of hydrogen-bond acceptors (Lipinski definition) is 5. The number of carbonyl (C=O) groups is 3. The Kier molecular flexibility index (Phi) is 9.11. The van der Waals surface area contributed by atoms with E-state index in [1.807, 2.05) is 18.2 Å². The molecule has 2 aliphatic carbocycles. The molecule has 0 heterocycles. The summed E-state index contributed by atoms with van der Waals surface area (Å²) < 4.78 is 5.08. The molecule has 3 rings (SSSR count). The average Bonchev–Trinajstić information content (AvgIpc) is 3.55. The number of carbonyl (C=O) groups excluding carboxylic acids is 3. The van der Waals surface area contributed by atoms with Crippen LogP contribution in [0.25, 0.3) is 0 Å². The summed E-state index contributed by atoms with van der Waals surface area (Å²) in [5, 5.41) is 15.6. The highest BCUT2D eigenvalue weighted by molar-refractivity contribution is 5.83. The summed E-state index contributed by atoms with van der Waals surface area (Å²) in [6.07, 6.45) is 7.03. The Balaban J connectivity index is 1.46. The highest BCUT2D eigenvalue weighted by atomic mass is 16.6. The first-order chi connectivity index (χ1) is 15.9. The maximum atomic E-state index is 12.8. The molecule has 0 saturated heterocycles. The quantitative estimate of drug-likeness (QED) is 0.382.